The van der Waals surface area contributed by atoms with E-state index < -0.39 is 0 Å². The van der Waals surface area contributed by atoms with Crippen LogP contribution in [0, 0.1) is 0 Å². The molecule has 2 aromatic rings. The fraction of sp³-hybridized carbons (Fsp3) is 0.278. The molecule has 0 spiro atoms. The summed E-state index contributed by atoms with van der Waals surface area (Å²) in [6.45, 7) is 1.52. The fourth-order valence-corrected chi connectivity index (χ4v) is 2.73. The number of rotatable bonds is 6. The second-order valence-electron chi connectivity index (χ2n) is 5.04. The van der Waals surface area contributed by atoms with Gasteiger partial charge in [-0.3, -0.25) is 4.99 Å². The van der Waals surface area contributed by atoms with Crippen LogP contribution in [0.2, 0.25) is 0 Å². The quantitative estimate of drug-likeness (QED) is 0.600. The highest BCUT2D eigenvalue weighted by Gasteiger charge is 2.03. The summed E-state index contributed by atoms with van der Waals surface area (Å²) in [6.07, 6.45) is 0.877. The Morgan fingerprint density at radius 3 is 2.70 bits per heavy atom. The van der Waals surface area contributed by atoms with Gasteiger partial charge in [-0.2, -0.15) is 0 Å². The molecule has 122 valence electrons. The molecule has 5 heteroatoms. The van der Waals surface area contributed by atoms with Crippen molar-refractivity contribution >= 4 is 21.9 Å². The van der Waals surface area contributed by atoms with Crippen molar-refractivity contribution in [2.45, 2.75) is 13.0 Å². The van der Waals surface area contributed by atoms with E-state index in [1.165, 1.54) is 11.1 Å². The van der Waals surface area contributed by atoms with Crippen molar-refractivity contribution < 1.29 is 4.74 Å². The molecule has 0 bridgehead atoms. The molecule has 23 heavy (non-hydrogen) atoms. The lowest BCUT2D eigenvalue weighted by Crippen LogP contribution is -2.37. The molecule has 0 atom stereocenters. The third-order valence-electron chi connectivity index (χ3n) is 3.45. The monoisotopic (exact) mass is 375 g/mol. The van der Waals surface area contributed by atoms with Gasteiger partial charge in [0, 0.05) is 24.6 Å². The van der Waals surface area contributed by atoms with Crippen LogP contribution in [0.15, 0.2) is 58.0 Å². The topological polar surface area (TPSA) is 45.7 Å². The van der Waals surface area contributed by atoms with Gasteiger partial charge in [0.25, 0.3) is 0 Å². The van der Waals surface area contributed by atoms with E-state index in [0.717, 1.165) is 35.7 Å². The van der Waals surface area contributed by atoms with Crippen molar-refractivity contribution in [2.24, 2.45) is 4.99 Å². The summed E-state index contributed by atoms with van der Waals surface area (Å²) in [5.41, 5.74) is 2.39. The van der Waals surface area contributed by atoms with Crippen LogP contribution in [0.1, 0.15) is 11.1 Å². The SMILES string of the molecule is CN=C(NCCc1ccccc1OC)NCc1cccc(Br)c1. The van der Waals surface area contributed by atoms with E-state index in [4.69, 9.17) is 4.74 Å². The van der Waals surface area contributed by atoms with Crippen LogP contribution in [0.3, 0.4) is 0 Å². The number of benzene rings is 2. The van der Waals surface area contributed by atoms with Gasteiger partial charge in [0.15, 0.2) is 5.96 Å². The van der Waals surface area contributed by atoms with Crippen molar-refractivity contribution in [1.29, 1.82) is 0 Å². The summed E-state index contributed by atoms with van der Waals surface area (Å²) in [7, 11) is 3.48. The molecule has 0 saturated heterocycles. The highest BCUT2D eigenvalue weighted by atomic mass is 79.9. The summed E-state index contributed by atoms with van der Waals surface area (Å²) in [5.74, 6) is 1.71. The smallest absolute Gasteiger partial charge is 0.191 e. The molecule has 0 saturated carbocycles. The lowest BCUT2D eigenvalue weighted by atomic mass is 10.1. The van der Waals surface area contributed by atoms with Crippen LogP contribution in [0.25, 0.3) is 0 Å². The van der Waals surface area contributed by atoms with E-state index in [1.54, 1.807) is 14.2 Å². The Morgan fingerprint density at radius 2 is 1.96 bits per heavy atom. The molecule has 0 aromatic heterocycles. The molecule has 0 amide bonds. The van der Waals surface area contributed by atoms with Crippen LogP contribution >= 0.6 is 15.9 Å². The predicted molar refractivity (Wildman–Crippen MR) is 99.0 cm³/mol. The molecule has 0 aliphatic carbocycles. The Kier molecular flexibility index (Phi) is 6.94. The Bertz CT molecular complexity index is 658. The Hall–Kier alpha value is -2.01. The number of hydrogen-bond acceptors (Lipinski definition) is 2. The van der Waals surface area contributed by atoms with Gasteiger partial charge in [-0.15, -0.1) is 0 Å². The van der Waals surface area contributed by atoms with Crippen LogP contribution in [0.5, 0.6) is 5.75 Å². The minimum absolute atomic E-state index is 0.730. The van der Waals surface area contributed by atoms with E-state index in [-0.39, 0.29) is 0 Å². The molecule has 0 heterocycles. The first-order valence-corrected chi connectivity index (χ1v) is 8.33. The van der Waals surface area contributed by atoms with Crippen LogP contribution in [0.4, 0.5) is 0 Å². The first-order valence-electron chi connectivity index (χ1n) is 7.54. The van der Waals surface area contributed by atoms with Gasteiger partial charge in [0.2, 0.25) is 0 Å². The van der Waals surface area contributed by atoms with Crippen molar-refractivity contribution in [2.75, 3.05) is 20.7 Å². The first-order chi connectivity index (χ1) is 11.2. The van der Waals surface area contributed by atoms with Crippen LogP contribution in [-0.2, 0) is 13.0 Å². The number of hydrogen-bond donors (Lipinski definition) is 2. The van der Waals surface area contributed by atoms with Gasteiger partial charge < -0.3 is 15.4 Å². The second kappa shape index (κ2) is 9.20. The van der Waals surface area contributed by atoms with Crippen molar-refractivity contribution in [3.8, 4) is 5.75 Å². The maximum Gasteiger partial charge on any atom is 0.191 e. The zero-order valence-electron chi connectivity index (χ0n) is 13.5. The zero-order valence-corrected chi connectivity index (χ0v) is 15.1. The van der Waals surface area contributed by atoms with E-state index in [0.29, 0.717) is 0 Å². The highest BCUT2D eigenvalue weighted by molar-refractivity contribution is 9.10. The molecular weight excluding hydrogens is 354 g/mol. The number of para-hydroxylation sites is 1. The predicted octanol–water partition coefficient (Wildman–Crippen LogP) is 3.37. The molecule has 2 aromatic carbocycles. The summed E-state index contributed by atoms with van der Waals surface area (Å²) in [6, 6.07) is 16.3. The van der Waals surface area contributed by atoms with E-state index in [9.17, 15) is 0 Å². The van der Waals surface area contributed by atoms with Gasteiger partial charge in [0.05, 0.1) is 7.11 Å². The molecule has 0 radical (unpaired) electrons. The molecule has 0 aliphatic heterocycles. The summed E-state index contributed by atoms with van der Waals surface area (Å²) in [4.78, 5) is 4.25. The lowest BCUT2D eigenvalue weighted by molar-refractivity contribution is 0.409. The number of guanidine groups is 1. The fourth-order valence-electron chi connectivity index (χ4n) is 2.28. The third-order valence-corrected chi connectivity index (χ3v) is 3.95. The average Bonchev–Trinajstić information content (AvgIpc) is 2.58. The largest absolute Gasteiger partial charge is 0.496 e. The third kappa shape index (κ3) is 5.60. The second-order valence-corrected chi connectivity index (χ2v) is 5.96. The van der Waals surface area contributed by atoms with Gasteiger partial charge in [-0.1, -0.05) is 46.3 Å². The van der Waals surface area contributed by atoms with E-state index in [1.807, 2.05) is 30.3 Å². The van der Waals surface area contributed by atoms with E-state index in [2.05, 4.69) is 49.8 Å². The minimum atomic E-state index is 0.730. The molecule has 0 unspecified atom stereocenters. The molecule has 2 rings (SSSR count). The van der Waals surface area contributed by atoms with Gasteiger partial charge in [-0.05, 0) is 35.7 Å². The van der Waals surface area contributed by atoms with Crippen molar-refractivity contribution in [3.63, 3.8) is 0 Å². The van der Waals surface area contributed by atoms with Crippen LogP contribution in [-0.4, -0.2) is 26.7 Å². The number of aliphatic imine (C=N–C) groups is 1. The number of halogens is 1. The van der Waals surface area contributed by atoms with E-state index >= 15 is 0 Å². The Balaban J connectivity index is 1.81. The number of nitrogens with zero attached hydrogens (tertiary/aromatic N) is 1. The van der Waals surface area contributed by atoms with Crippen molar-refractivity contribution in [3.05, 3.63) is 64.1 Å². The molecule has 0 aliphatic rings. The standard InChI is InChI=1S/C18H22BrN3O/c1-20-18(22-13-14-6-5-8-16(19)12-14)21-11-10-15-7-3-4-9-17(15)23-2/h3-9,12H,10-11,13H2,1-2H3,(H2,20,21,22). The maximum atomic E-state index is 5.37. The first kappa shape index (κ1) is 17.3. The highest BCUT2D eigenvalue weighted by Crippen LogP contribution is 2.17. The number of ether oxygens (including phenoxy) is 1. The average molecular weight is 376 g/mol. The van der Waals surface area contributed by atoms with Gasteiger partial charge in [-0.25, -0.2) is 0 Å². The molecule has 2 N–H and O–H groups in total. The summed E-state index contributed by atoms with van der Waals surface area (Å²) in [5, 5.41) is 6.64. The summed E-state index contributed by atoms with van der Waals surface area (Å²) >= 11 is 3.48. The number of nitrogens with one attached hydrogen (secondary N) is 2. The van der Waals surface area contributed by atoms with Crippen molar-refractivity contribution in [1.82, 2.24) is 10.6 Å². The number of methoxy groups -OCH3 is 1. The van der Waals surface area contributed by atoms with Crippen LogP contribution < -0.4 is 15.4 Å². The normalized spacial score (nSPS) is 11.2. The Morgan fingerprint density at radius 1 is 1.13 bits per heavy atom. The molecular formula is C18H22BrN3O. The van der Waals surface area contributed by atoms with Gasteiger partial charge in [0.1, 0.15) is 5.75 Å². The molecule has 0 fully saturated rings. The van der Waals surface area contributed by atoms with Gasteiger partial charge >= 0.3 is 0 Å². The Labute approximate surface area is 146 Å². The summed E-state index contributed by atoms with van der Waals surface area (Å²) < 4.78 is 6.45. The maximum absolute atomic E-state index is 5.37. The zero-order chi connectivity index (χ0) is 16.5. The lowest BCUT2D eigenvalue weighted by Gasteiger charge is -2.13. The molecule has 4 nitrogen and oxygen atoms in total. The minimum Gasteiger partial charge on any atom is -0.496 e.